The van der Waals surface area contributed by atoms with Gasteiger partial charge in [0.05, 0.1) is 3.57 Å². The highest BCUT2D eigenvalue weighted by Crippen LogP contribution is 2.25. The SMILES string of the molecule is CCN(CC)c1nc(Cl)nc(Oc2ccccc2I)n1. The molecular weight excluding hydrogens is 391 g/mol. The molecule has 0 bridgehead atoms. The molecule has 0 atom stereocenters. The normalized spacial score (nSPS) is 10.4. The van der Waals surface area contributed by atoms with Crippen LogP contribution in [0.3, 0.4) is 0 Å². The average molecular weight is 405 g/mol. The van der Waals surface area contributed by atoms with E-state index in [9.17, 15) is 0 Å². The molecule has 5 nitrogen and oxygen atoms in total. The van der Waals surface area contributed by atoms with Crippen LogP contribution in [-0.2, 0) is 0 Å². The van der Waals surface area contributed by atoms with Gasteiger partial charge >= 0.3 is 6.01 Å². The summed E-state index contributed by atoms with van der Waals surface area (Å²) >= 11 is 8.14. The molecule has 7 heteroatoms. The molecule has 2 aromatic rings. The van der Waals surface area contributed by atoms with Gasteiger partial charge < -0.3 is 9.64 Å². The third-order valence-electron chi connectivity index (χ3n) is 2.66. The van der Waals surface area contributed by atoms with E-state index in [1.54, 1.807) is 0 Å². The van der Waals surface area contributed by atoms with E-state index in [0.717, 1.165) is 16.7 Å². The second-order valence-corrected chi connectivity index (χ2v) is 5.39. The minimum absolute atomic E-state index is 0.128. The van der Waals surface area contributed by atoms with E-state index in [0.29, 0.717) is 11.7 Å². The van der Waals surface area contributed by atoms with Gasteiger partial charge in [-0.15, -0.1) is 0 Å². The summed E-state index contributed by atoms with van der Waals surface area (Å²) in [6, 6.07) is 7.85. The molecule has 0 amide bonds. The molecule has 0 aliphatic heterocycles. The summed E-state index contributed by atoms with van der Waals surface area (Å²) in [7, 11) is 0. The van der Waals surface area contributed by atoms with Crippen molar-refractivity contribution in [2.45, 2.75) is 13.8 Å². The third kappa shape index (κ3) is 3.69. The maximum absolute atomic E-state index is 5.94. The Morgan fingerprint density at radius 3 is 2.50 bits per heavy atom. The first-order valence-corrected chi connectivity index (χ1v) is 7.68. The molecule has 0 aliphatic rings. The first kappa shape index (κ1) is 15.2. The van der Waals surface area contributed by atoms with E-state index in [2.05, 4.69) is 37.5 Å². The Morgan fingerprint density at radius 2 is 1.85 bits per heavy atom. The smallest absolute Gasteiger partial charge is 0.328 e. The first-order chi connectivity index (χ1) is 9.63. The summed E-state index contributed by atoms with van der Waals surface area (Å²) in [4.78, 5) is 14.4. The number of anilines is 1. The summed E-state index contributed by atoms with van der Waals surface area (Å²) in [5.74, 6) is 1.22. The Balaban J connectivity index is 2.31. The molecule has 1 aromatic carbocycles. The van der Waals surface area contributed by atoms with Gasteiger partial charge in [0.2, 0.25) is 11.2 Å². The van der Waals surface area contributed by atoms with E-state index in [1.807, 2.05) is 43.0 Å². The monoisotopic (exact) mass is 404 g/mol. The molecule has 0 spiro atoms. The number of ether oxygens (including phenoxy) is 1. The maximum atomic E-state index is 5.94. The number of benzene rings is 1. The second-order valence-electron chi connectivity index (χ2n) is 3.89. The lowest BCUT2D eigenvalue weighted by Gasteiger charge is -2.18. The summed E-state index contributed by atoms with van der Waals surface area (Å²) in [6.07, 6.45) is 0. The zero-order valence-electron chi connectivity index (χ0n) is 11.2. The van der Waals surface area contributed by atoms with E-state index < -0.39 is 0 Å². The van der Waals surface area contributed by atoms with Crippen LogP contribution in [0.1, 0.15) is 13.8 Å². The topological polar surface area (TPSA) is 51.1 Å². The molecule has 0 radical (unpaired) electrons. The molecule has 1 aromatic heterocycles. The highest BCUT2D eigenvalue weighted by atomic mass is 127. The Kier molecular flexibility index (Phi) is 5.36. The molecular formula is C13H14ClIN4O. The van der Waals surface area contributed by atoms with Crippen molar-refractivity contribution in [1.82, 2.24) is 15.0 Å². The number of nitrogens with zero attached hydrogens (tertiary/aromatic N) is 4. The first-order valence-electron chi connectivity index (χ1n) is 6.23. The van der Waals surface area contributed by atoms with Gasteiger partial charge in [-0.25, -0.2) is 0 Å². The van der Waals surface area contributed by atoms with Crippen molar-refractivity contribution in [2.24, 2.45) is 0 Å². The number of hydrogen-bond donors (Lipinski definition) is 0. The van der Waals surface area contributed by atoms with Gasteiger partial charge in [0, 0.05) is 13.1 Å². The minimum atomic E-state index is 0.128. The fourth-order valence-corrected chi connectivity index (χ4v) is 2.29. The number of rotatable bonds is 5. The highest BCUT2D eigenvalue weighted by Gasteiger charge is 2.12. The van der Waals surface area contributed by atoms with Crippen LogP contribution in [0.15, 0.2) is 24.3 Å². The molecule has 1 heterocycles. The van der Waals surface area contributed by atoms with Crippen molar-refractivity contribution >= 4 is 40.1 Å². The summed E-state index contributed by atoms with van der Waals surface area (Å²) in [5.41, 5.74) is 0. The van der Waals surface area contributed by atoms with Gasteiger partial charge in [-0.2, -0.15) is 15.0 Å². The van der Waals surface area contributed by atoms with Crippen molar-refractivity contribution in [3.63, 3.8) is 0 Å². The predicted molar refractivity (Wildman–Crippen MR) is 87.6 cm³/mol. The molecule has 0 N–H and O–H groups in total. The van der Waals surface area contributed by atoms with Crippen LogP contribution < -0.4 is 9.64 Å². The fraction of sp³-hybridized carbons (Fsp3) is 0.308. The number of halogens is 2. The average Bonchev–Trinajstić information content (AvgIpc) is 2.42. The fourth-order valence-electron chi connectivity index (χ4n) is 1.64. The molecule has 0 unspecified atom stereocenters. The van der Waals surface area contributed by atoms with Crippen molar-refractivity contribution < 1.29 is 4.74 Å². The van der Waals surface area contributed by atoms with Crippen LogP contribution in [-0.4, -0.2) is 28.0 Å². The van der Waals surface area contributed by atoms with E-state index in [-0.39, 0.29) is 11.3 Å². The lowest BCUT2D eigenvalue weighted by molar-refractivity contribution is 0.436. The van der Waals surface area contributed by atoms with Gasteiger partial charge in [-0.1, -0.05) is 12.1 Å². The highest BCUT2D eigenvalue weighted by molar-refractivity contribution is 14.1. The number of para-hydroxylation sites is 1. The largest absolute Gasteiger partial charge is 0.423 e. The summed E-state index contributed by atoms with van der Waals surface area (Å²) < 4.78 is 6.67. The third-order valence-corrected chi connectivity index (χ3v) is 3.72. The van der Waals surface area contributed by atoms with Crippen LogP contribution in [0.25, 0.3) is 0 Å². The van der Waals surface area contributed by atoms with Gasteiger partial charge in [-0.05, 0) is 60.2 Å². The predicted octanol–water partition coefficient (Wildman–Crippen LogP) is 3.77. The Hall–Kier alpha value is -1.15. The Bertz CT molecular complexity index is 592. The maximum Gasteiger partial charge on any atom is 0.328 e. The van der Waals surface area contributed by atoms with Crippen LogP contribution in [0.2, 0.25) is 5.28 Å². The summed E-state index contributed by atoms with van der Waals surface area (Å²) in [5, 5.41) is 0.128. The van der Waals surface area contributed by atoms with Crippen LogP contribution in [0.4, 0.5) is 5.95 Å². The quantitative estimate of drug-likeness (QED) is 0.710. The van der Waals surface area contributed by atoms with E-state index in [4.69, 9.17) is 16.3 Å². The lowest BCUT2D eigenvalue weighted by atomic mass is 10.3. The molecule has 0 fully saturated rings. The zero-order valence-corrected chi connectivity index (χ0v) is 14.1. The van der Waals surface area contributed by atoms with Crippen LogP contribution in [0.5, 0.6) is 11.8 Å². The lowest BCUT2D eigenvalue weighted by Crippen LogP contribution is -2.24. The van der Waals surface area contributed by atoms with Gasteiger partial charge in [0.1, 0.15) is 5.75 Å². The Labute approximate surface area is 136 Å². The molecule has 2 rings (SSSR count). The summed E-state index contributed by atoms with van der Waals surface area (Å²) in [6.45, 7) is 5.64. The van der Waals surface area contributed by atoms with Crippen molar-refractivity contribution in [3.05, 3.63) is 33.1 Å². The minimum Gasteiger partial charge on any atom is -0.423 e. The van der Waals surface area contributed by atoms with Gasteiger partial charge in [-0.3, -0.25) is 0 Å². The van der Waals surface area contributed by atoms with Crippen molar-refractivity contribution in [2.75, 3.05) is 18.0 Å². The molecule has 20 heavy (non-hydrogen) atoms. The van der Waals surface area contributed by atoms with Gasteiger partial charge in [0.15, 0.2) is 0 Å². The van der Waals surface area contributed by atoms with Crippen LogP contribution >= 0.6 is 34.2 Å². The second kappa shape index (κ2) is 7.03. The zero-order chi connectivity index (χ0) is 14.5. The van der Waals surface area contributed by atoms with E-state index >= 15 is 0 Å². The number of aromatic nitrogens is 3. The molecule has 0 saturated carbocycles. The van der Waals surface area contributed by atoms with Crippen LogP contribution in [0, 0.1) is 3.57 Å². The van der Waals surface area contributed by atoms with Crippen molar-refractivity contribution in [3.8, 4) is 11.8 Å². The van der Waals surface area contributed by atoms with E-state index in [1.165, 1.54) is 0 Å². The standard InChI is InChI=1S/C13H14ClIN4O/c1-3-19(4-2)12-16-11(14)17-13(18-12)20-10-8-6-5-7-9(10)15/h5-8H,3-4H2,1-2H3. The Morgan fingerprint density at radius 1 is 1.15 bits per heavy atom. The number of hydrogen-bond acceptors (Lipinski definition) is 5. The van der Waals surface area contributed by atoms with Gasteiger partial charge in [0.25, 0.3) is 0 Å². The van der Waals surface area contributed by atoms with Crippen molar-refractivity contribution in [1.29, 1.82) is 0 Å². The molecule has 0 saturated heterocycles. The molecule has 0 aliphatic carbocycles. The molecule has 106 valence electrons.